The van der Waals surface area contributed by atoms with E-state index < -0.39 is 8.07 Å². The summed E-state index contributed by atoms with van der Waals surface area (Å²) in [5, 5.41) is 0. The lowest BCUT2D eigenvalue weighted by atomic mass is 10.0. The fourth-order valence-electron chi connectivity index (χ4n) is 4.74. The molecule has 0 aliphatic carbocycles. The average molecular weight is 464 g/mol. The van der Waals surface area contributed by atoms with E-state index in [0.717, 1.165) is 29.2 Å². The Morgan fingerprint density at radius 1 is 1.12 bits per heavy atom. The molecule has 1 aromatic carbocycles. The molecule has 0 saturated carbocycles. The lowest BCUT2D eigenvalue weighted by Gasteiger charge is -2.36. The predicted octanol–water partition coefficient (Wildman–Crippen LogP) is 4.68. The second kappa shape index (κ2) is 8.18. The van der Waals surface area contributed by atoms with Crippen molar-refractivity contribution < 1.29 is 4.74 Å². The molecule has 0 amide bonds. The van der Waals surface area contributed by atoms with Gasteiger partial charge in [-0.1, -0.05) is 25.6 Å². The van der Waals surface area contributed by atoms with E-state index in [1.54, 1.807) is 10.9 Å². The van der Waals surface area contributed by atoms with Gasteiger partial charge in [0.25, 0.3) is 5.56 Å². The van der Waals surface area contributed by atoms with Crippen molar-refractivity contribution in [2.75, 3.05) is 7.05 Å². The molecule has 0 unspecified atom stereocenters. The van der Waals surface area contributed by atoms with Crippen LogP contribution in [0.2, 0.25) is 19.6 Å². The zero-order chi connectivity index (χ0) is 22.5. The first-order valence-corrected chi connectivity index (χ1v) is 15.6. The number of nitrogens with zero attached hydrogens (tertiary/aromatic N) is 3. The molecule has 3 atom stereocenters. The lowest BCUT2D eigenvalue weighted by molar-refractivity contribution is 0.0662. The number of rotatable bonds is 3. The van der Waals surface area contributed by atoms with Gasteiger partial charge in [0, 0.05) is 12.1 Å². The SMILES string of the molecule is CN1[C@@H]2CC[C@H]1C[C@H](Oc1ccc(-n3cnc4cc(C#C[Si](C)(C)C)sc4c3=O)cc1)C2. The number of hydrogen-bond donors (Lipinski definition) is 0. The Morgan fingerprint density at radius 2 is 1.81 bits per heavy atom. The number of benzene rings is 1. The van der Waals surface area contributed by atoms with Crippen LogP contribution in [0.15, 0.2) is 41.5 Å². The minimum atomic E-state index is -1.47. The monoisotopic (exact) mass is 463 g/mol. The van der Waals surface area contributed by atoms with Crippen LogP contribution in [0.5, 0.6) is 5.75 Å². The van der Waals surface area contributed by atoms with Gasteiger partial charge < -0.3 is 9.64 Å². The van der Waals surface area contributed by atoms with E-state index in [1.165, 1.54) is 24.2 Å². The summed E-state index contributed by atoms with van der Waals surface area (Å²) in [6, 6.07) is 11.0. The van der Waals surface area contributed by atoms with Crippen LogP contribution in [0.3, 0.4) is 0 Å². The molecule has 32 heavy (non-hydrogen) atoms. The van der Waals surface area contributed by atoms with Crippen LogP contribution in [0.1, 0.15) is 30.6 Å². The van der Waals surface area contributed by atoms with Crippen LogP contribution in [-0.2, 0) is 0 Å². The third-order valence-corrected chi connectivity index (χ3v) is 8.37. The Hall–Kier alpha value is -2.40. The minimum Gasteiger partial charge on any atom is -0.490 e. The molecule has 166 valence electrons. The van der Waals surface area contributed by atoms with Crippen molar-refractivity contribution in [3.05, 3.63) is 51.9 Å². The normalized spacial score (nSPS) is 23.2. The van der Waals surface area contributed by atoms with E-state index in [2.05, 4.69) is 48.0 Å². The molecule has 2 saturated heterocycles. The first-order chi connectivity index (χ1) is 15.3. The van der Waals surface area contributed by atoms with E-state index >= 15 is 0 Å². The van der Waals surface area contributed by atoms with Gasteiger partial charge >= 0.3 is 0 Å². The molecule has 2 aliphatic rings. The molecular formula is C25H29N3O2SSi. The summed E-state index contributed by atoms with van der Waals surface area (Å²) < 4.78 is 8.55. The molecule has 4 heterocycles. The van der Waals surface area contributed by atoms with Crippen molar-refractivity contribution in [1.82, 2.24) is 14.5 Å². The molecule has 0 N–H and O–H groups in total. The summed E-state index contributed by atoms with van der Waals surface area (Å²) >= 11 is 1.43. The number of ether oxygens (including phenoxy) is 1. The highest BCUT2D eigenvalue weighted by molar-refractivity contribution is 7.19. The van der Waals surface area contributed by atoms with Gasteiger partial charge in [0.05, 0.1) is 16.1 Å². The summed E-state index contributed by atoms with van der Waals surface area (Å²) in [7, 11) is 0.773. The second-order valence-electron chi connectivity index (χ2n) is 10.0. The molecule has 2 fully saturated rings. The second-order valence-corrected chi connectivity index (χ2v) is 15.8. The minimum absolute atomic E-state index is 0.0541. The van der Waals surface area contributed by atoms with Gasteiger partial charge in [-0.25, -0.2) is 4.98 Å². The molecule has 5 rings (SSSR count). The molecule has 2 bridgehead atoms. The first kappa shape index (κ1) is 21.4. The van der Waals surface area contributed by atoms with Crippen molar-refractivity contribution in [1.29, 1.82) is 0 Å². The standard InChI is InChI=1S/C25H29N3O2SSi/c1-27-18-5-6-19(27)14-21(13-18)30-20-9-7-17(8-10-20)28-16-26-23-15-22(11-12-32(2,3)4)31-24(23)25(28)29/h7-10,15-16,18-19,21H,5-6,13-14H2,1-4H3/t18-,19+,21-. The summed E-state index contributed by atoms with van der Waals surface area (Å²) in [6.45, 7) is 6.63. The van der Waals surface area contributed by atoms with E-state index in [4.69, 9.17) is 4.74 Å². The van der Waals surface area contributed by atoms with E-state index in [-0.39, 0.29) is 11.7 Å². The number of fused-ring (bicyclic) bond motifs is 3. The Bertz CT molecular complexity index is 1250. The molecule has 2 aromatic heterocycles. The van der Waals surface area contributed by atoms with Crippen molar-refractivity contribution >= 4 is 29.6 Å². The third-order valence-electron chi connectivity index (χ3n) is 6.47. The number of hydrogen-bond acceptors (Lipinski definition) is 5. The van der Waals surface area contributed by atoms with Crippen LogP contribution in [0, 0.1) is 11.5 Å². The highest BCUT2D eigenvalue weighted by Crippen LogP contribution is 2.36. The molecule has 2 aliphatic heterocycles. The van der Waals surface area contributed by atoms with Gasteiger partial charge in [-0.15, -0.1) is 16.9 Å². The van der Waals surface area contributed by atoms with Gasteiger partial charge in [-0.3, -0.25) is 9.36 Å². The zero-order valence-electron chi connectivity index (χ0n) is 19.1. The smallest absolute Gasteiger partial charge is 0.275 e. The van der Waals surface area contributed by atoms with Crippen LogP contribution < -0.4 is 10.3 Å². The molecule has 5 nitrogen and oxygen atoms in total. The lowest BCUT2D eigenvalue weighted by Crippen LogP contribution is -2.43. The zero-order valence-corrected chi connectivity index (χ0v) is 20.9. The number of piperidine rings is 1. The van der Waals surface area contributed by atoms with Crippen molar-refractivity contribution in [2.45, 2.75) is 63.5 Å². The maximum absolute atomic E-state index is 13.1. The Balaban J connectivity index is 1.35. The van der Waals surface area contributed by atoms with Crippen LogP contribution in [0.4, 0.5) is 0 Å². The average Bonchev–Trinajstić information content (AvgIpc) is 3.24. The van der Waals surface area contributed by atoms with Gasteiger partial charge in [0.1, 0.15) is 31.0 Å². The van der Waals surface area contributed by atoms with Gasteiger partial charge in [-0.05, 0) is 63.1 Å². The van der Waals surface area contributed by atoms with Gasteiger partial charge in [-0.2, -0.15) is 0 Å². The Morgan fingerprint density at radius 3 is 2.47 bits per heavy atom. The van der Waals surface area contributed by atoms with Crippen LogP contribution in [-0.4, -0.2) is 47.8 Å². The molecule has 0 spiro atoms. The van der Waals surface area contributed by atoms with Crippen molar-refractivity contribution in [3.63, 3.8) is 0 Å². The summed E-state index contributed by atoms with van der Waals surface area (Å²) in [4.78, 5) is 21.0. The van der Waals surface area contributed by atoms with Crippen molar-refractivity contribution in [2.24, 2.45) is 0 Å². The fraction of sp³-hybridized carbons (Fsp3) is 0.440. The summed E-state index contributed by atoms with van der Waals surface area (Å²) in [5.41, 5.74) is 4.82. The third kappa shape index (κ3) is 4.27. The molecule has 0 radical (unpaired) electrons. The topological polar surface area (TPSA) is 47.4 Å². The predicted molar refractivity (Wildman–Crippen MR) is 134 cm³/mol. The van der Waals surface area contributed by atoms with Crippen LogP contribution >= 0.6 is 11.3 Å². The summed E-state index contributed by atoms with van der Waals surface area (Å²) in [6.07, 6.45) is 6.64. The molecule has 3 aromatic rings. The molecule has 7 heteroatoms. The Labute approximate surface area is 194 Å². The van der Waals surface area contributed by atoms with Gasteiger partial charge in [0.2, 0.25) is 0 Å². The fourth-order valence-corrected chi connectivity index (χ4v) is 6.24. The molecular weight excluding hydrogens is 434 g/mol. The van der Waals surface area contributed by atoms with Gasteiger partial charge in [0.15, 0.2) is 0 Å². The van der Waals surface area contributed by atoms with E-state index in [0.29, 0.717) is 22.3 Å². The number of thiophene rings is 1. The largest absolute Gasteiger partial charge is 0.490 e. The van der Waals surface area contributed by atoms with E-state index in [1.807, 2.05) is 30.3 Å². The Kier molecular flexibility index (Phi) is 5.48. The highest BCUT2D eigenvalue weighted by atomic mass is 32.1. The van der Waals surface area contributed by atoms with E-state index in [9.17, 15) is 4.79 Å². The maximum atomic E-state index is 13.1. The van der Waals surface area contributed by atoms with Crippen molar-refractivity contribution in [3.8, 4) is 22.9 Å². The number of aromatic nitrogens is 2. The summed E-state index contributed by atoms with van der Waals surface area (Å²) in [5.74, 6) is 4.11. The first-order valence-electron chi connectivity index (χ1n) is 11.3. The maximum Gasteiger partial charge on any atom is 0.275 e. The van der Waals surface area contributed by atoms with Crippen LogP contribution in [0.25, 0.3) is 15.9 Å². The highest BCUT2D eigenvalue weighted by Gasteiger charge is 2.39. The quantitative estimate of drug-likeness (QED) is 0.418.